The molecule has 0 unspecified atom stereocenters. The van der Waals surface area contributed by atoms with Crippen LogP contribution in [0.3, 0.4) is 0 Å². The molecule has 0 aromatic heterocycles. The molecule has 0 amide bonds. The van der Waals surface area contributed by atoms with Gasteiger partial charge < -0.3 is 0 Å². The minimum Gasteiger partial charge on any atom is -0.288 e. The Bertz CT molecular complexity index is 1100. The van der Waals surface area contributed by atoms with Crippen LogP contribution in [-0.2, 0) is 0 Å². The number of carbonyl (C=O) groups excluding carboxylic acids is 1. The summed E-state index contributed by atoms with van der Waals surface area (Å²) in [5, 5.41) is 11.2. The first-order valence-electron chi connectivity index (χ1n) is 8.23. The Labute approximate surface area is 193 Å². The number of allylic oxidation sites excluding steroid dienone is 1. The van der Waals surface area contributed by atoms with E-state index >= 15 is 0 Å². The Morgan fingerprint density at radius 3 is 2.14 bits per heavy atom. The fourth-order valence-electron chi connectivity index (χ4n) is 2.43. The molecule has 0 bridgehead atoms. The van der Waals surface area contributed by atoms with E-state index in [0.29, 0.717) is 16.0 Å². The van der Waals surface area contributed by atoms with Crippen molar-refractivity contribution in [2.24, 2.45) is 0 Å². The number of Topliss-reactive ketones (excluding diaryl/α,β-unsaturated/α-hetero) is 1. The zero-order chi connectivity index (χ0) is 21.0. The second-order valence-corrected chi connectivity index (χ2v) is 9.22. The van der Waals surface area contributed by atoms with E-state index in [-0.39, 0.29) is 16.5 Å². The largest absolute Gasteiger partial charge is 0.288 e. The van der Waals surface area contributed by atoms with E-state index in [1.807, 2.05) is 24.3 Å². The van der Waals surface area contributed by atoms with Gasteiger partial charge in [0.2, 0.25) is 0 Å². The van der Waals surface area contributed by atoms with Gasteiger partial charge in [-0.3, -0.25) is 14.9 Å². The number of carbonyl (C=O) groups is 1. The number of nitro benzene ring substituents is 1. The van der Waals surface area contributed by atoms with Crippen LogP contribution >= 0.6 is 55.2 Å². The van der Waals surface area contributed by atoms with E-state index in [0.717, 1.165) is 13.8 Å². The van der Waals surface area contributed by atoms with E-state index in [4.69, 9.17) is 11.6 Å². The van der Waals surface area contributed by atoms with Crippen LogP contribution in [0, 0.1) is 10.1 Å². The number of hydrogen-bond acceptors (Lipinski definition) is 4. The quantitative estimate of drug-likeness (QED) is 0.103. The number of benzene rings is 3. The molecular formula is C21H12Br2ClNO3S. The minimum atomic E-state index is -0.544. The van der Waals surface area contributed by atoms with Crippen molar-refractivity contribution in [1.82, 2.24) is 0 Å². The number of nitrogens with zero attached hydrogens (tertiary/aromatic N) is 1. The second-order valence-electron chi connectivity index (χ2n) is 5.87. The lowest BCUT2D eigenvalue weighted by Crippen LogP contribution is -2.01. The van der Waals surface area contributed by atoms with E-state index < -0.39 is 4.92 Å². The highest BCUT2D eigenvalue weighted by Gasteiger charge is 2.17. The molecule has 3 rings (SSSR count). The third-order valence-electron chi connectivity index (χ3n) is 3.84. The zero-order valence-electron chi connectivity index (χ0n) is 14.6. The summed E-state index contributed by atoms with van der Waals surface area (Å²) in [6, 6.07) is 19.1. The summed E-state index contributed by atoms with van der Waals surface area (Å²) < 4.78 is 1.80. The van der Waals surface area contributed by atoms with E-state index in [9.17, 15) is 14.9 Å². The molecule has 0 N–H and O–H groups in total. The van der Waals surface area contributed by atoms with Gasteiger partial charge in [0.1, 0.15) is 5.02 Å². The summed E-state index contributed by atoms with van der Waals surface area (Å²) in [4.78, 5) is 25.1. The summed E-state index contributed by atoms with van der Waals surface area (Å²) in [5.41, 5.74) is 0.836. The number of rotatable bonds is 6. The van der Waals surface area contributed by atoms with Crippen LogP contribution in [0.4, 0.5) is 5.69 Å². The molecule has 8 heteroatoms. The van der Waals surface area contributed by atoms with Gasteiger partial charge in [0.05, 0.1) is 9.83 Å². The highest BCUT2D eigenvalue weighted by atomic mass is 79.9. The normalized spacial score (nSPS) is 11.3. The molecule has 146 valence electrons. The van der Waals surface area contributed by atoms with Crippen LogP contribution in [0.1, 0.15) is 15.9 Å². The SMILES string of the molecule is O=C(/C(=C\c1ccc(Cl)c([N+](=O)[O-])c1)Sc1ccc(Br)cc1)c1ccc(Br)cc1. The average Bonchev–Trinajstić information content (AvgIpc) is 2.70. The third kappa shape index (κ3) is 5.79. The number of nitro groups is 1. The molecule has 3 aromatic carbocycles. The van der Waals surface area contributed by atoms with Gasteiger partial charge in [-0.2, -0.15) is 0 Å². The monoisotopic (exact) mass is 551 g/mol. The van der Waals surface area contributed by atoms with Gasteiger partial charge in [-0.05, 0) is 66.2 Å². The maximum atomic E-state index is 13.1. The smallest absolute Gasteiger partial charge is 0.288 e. The Morgan fingerprint density at radius 1 is 0.966 bits per heavy atom. The van der Waals surface area contributed by atoms with E-state index in [1.165, 1.54) is 23.9 Å². The van der Waals surface area contributed by atoms with Crippen LogP contribution in [0.25, 0.3) is 6.08 Å². The molecule has 0 atom stereocenters. The summed E-state index contributed by atoms with van der Waals surface area (Å²) >= 11 is 14.0. The molecule has 0 saturated carbocycles. The molecule has 0 spiro atoms. The topological polar surface area (TPSA) is 60.2 Å². The summed E-state index contributed by atoms with van der Waals surface area (Å²) in [6.07, 6.45) is 1.64. The minimum absolute atomic E-state index is 0.0495. The first kappa shape index (κ1) is 21.8. The van der Waals surface area contributed by atoms with Crippen molar-refractivity contribution >= 4 is 72.8 Å². The molecule has 3 aromatic rings. The lowest BCUT2D eigenvalue weighted by atomic mass is 10.1. The van der Waals surface area contributed by atoms with Gasteiger partial charge in [0.25, 0.3) is 5.69 Å². The van der Waals surface area contributed by atoms with Crippen molar-refractivity contribution in [3.05, 3.63) is 107 Å². The van der Waals surface area contributed by atoms with E-state index in [2.05, 4.69) is 31.9 Å². The maximum absolute atomic E-state index is 13.1. The number of hydrogen-bond donors (Lipinski definition) is 0. The molecule has 4 nitrogen and oxygen atoms in total. The molecule has 0 saturated heterocycles. The Hall–Kier alpha value is -1.93. The Balaban J connectivity index is 2.04. The van der Waals surface area contributed by atoms with Crippen LogP contribution in [0.5, 0.6) is 0 Å². The van der Waals surface area contributed by atoms with Gasteiger partial charge in [-0.1, -0.05) is 61.3 Å². The molecule has 0 aliphatic heterocycles. The molecule has 0 heterocycles. The van der Waals surface area contributed by atoms with Crippen LogP contribution in [0.15, 0.2) is 85.5 Å². The highest BCUT2D eigenvalue weighted by Crippen LogP contribution is 2.33. The molecule has 0 radical (unpaired) electrons. The van der Waals surface area contributed by atoms with Gasteiger partial charge in [-0.15, -0.1) is 0 Å². The summed E-state index contributed by atoms with van der Waals surface area (Å²) in [7, 11) is 0. The number of ketones is 1. The van der Waals surface area contributed by atoms with Crippen molar-refractivity contribution < 1.29 is 9.72 Å². The third-order valence-corrected chi connectivity index (χ3v) is 6.24. The van der Waals surface area contributed by atoms with Gasteiger partial charge in [-0.25, -0.2) is 0 Å². The molecular weight excluding hydrogens is 542 g/mol. The Kier molecular flexibility index (Phi) is 7.29. The van der Waals surface area contributed by atoms with E-state index in [1.54, 1.807) is 36.4 Å². The first-order chi connectivity index (χ1) is 13.8. The van der Waals surface area contributed by atoms with Gasteiger partial charge in [0.15, 0.2) is 5.78 Å². The molecule has 0 fully saturated rings. The lowest BCUT2D eigenvalue weighted by molar-refractivity contribution is -0.384. The number of halogens is 3. The number of thioether (sulfide) groups is 1. The van der Waals surface area contributed by atoms with Crippen molar-refractivity contribution in [3.63, 3.8) is 0 Å². The molecule has 0 aliphatic rings. The van der Waals surface area contributed by atoms with Crippen molar-refractivity contribution in [2.75, 3.05) is 0 Å². The van der Waals surface area contributed by atoms with Crippen molar-refractivity contribution in [1.29, 1.82) is 0 Å². The fourth-order valence-corrected chi connectivity index (χ4v) is 4.07. The standard InChI is InChI=1S/C21H12Br2ClNO3S/c22-15-4-2-14(3-5-15)21(26)20(29-17-8-6-16(23)7-9-17)12-13-1-10-18(24)19(11-13)25(27)28/h1-12H/b20-12+. The summed E-state index contributed by atoms with van der Waals surface area (Å²) in [6.45, 7) is 0. The van der Waals surface area contributed by atoms with Crippen LogP contribution in [0.2, 0.25) is 5.02 Å². The fraction of sp³-hybridized carbons (Fsp3) is 0. The van der Waals surface area contributed by atoms with Crippen LogP contribution < -0.4 is 0 Å². The van der Waals surface area contributed by atoms with Crippen LogP contribution in [-0.4, -0.2) is 10.7 Å². The zero-order valence-corrected chi connectivity index (χ0v) is 19.4. The molecule has 0 aliphatic carbocycles. The Morgan fingerprint density at radius 2 is 1.55 bits per heavy atom. The van der Waals surface area contributed by atoms with Crippen molar-refractivity contribution in [2.45, 2.75) is 4.90 Å². The highest BCUT2D eigenvalue weighted by molar-refractivity contribution is 9.10. The summed E-state index contributed by atoms with van der Waals surface area (Å²) in [5.74, 6) is -0.178. The second kappa shape index (κ2) is 9.71. The van der Waals surface area contributed by atoms with Gasteiger partial charge >= 0.3 is 0 Å². The van der Waals surface area contributed by atoms with Crippen molar-refractivity contribution in [3.8, 4) is 0 Å². The predicted molar refractivity (Wildman–Crippen MR) is 125 cm³/mol. The average molecular weight is 554 g/mol. The van der Waals surface area contributed by atoms with Gasteiger partial charge in [0, 0.05) is 25.5 Å². The lowest BCUT2D eigenvalue weighted by Gasteiger charge is -2.08. The predicted octanol–water partition coefficient (Wildman–Crippen LogP) is 7.79. The first-order valence-corrected chi connectivity index (χ1v) is 11.0. The maximum Gasteiger partial charge on any atom is 0.288 e. The molecule has 29 heavy (non-hydrogen) atoms.